The van der Waals surface area contributed by atoms with Crippen LogP contribution in [0.5, 0.6) is 0 Å². The molecule has 1 aromatic carbocycles. The van der Waals surface area contributed by atoms with Gasteiger partial charge >= 0.3 is 0 Å². The summed E-state index contributed by atoms with van der Waals surface area (Å²) in [4.78, 5) is 14.2. The highest BCUT2D eigenvalue weighted by Crippen LogP contribution is 2.19. The number of hydrogen-bond donors (Lipinski definition) is 4. The van der Waals surface area contributed by atoms with Crippen LogP contribution in [0.4, 0.5) is 5.69 Å². The summed E-state index contributed by atoms with van der Waals surface area (Å²) in [5.41, 5.74) is 3.19. The van der Waals surface area contributed by atoms with E-state index in [1.165, 1.54) is 0 Å². The molecule has 2 fully saturated rings. The first-order valence-electron chi connectivity index (χ1n) is 8.87. The molecule has 0 saturated carbocycles. The Morgan fingerprint density at radius 2 is 1.46 bits per heavy atom. The molecule has 2 aliphatic heterocycles. The normalized spacial score (nSPS) is 18.4. The Kier molecular flexibility index (Phi) is 8.18. The standard InChI is InChI=1S/C14H21N3O.C4H10N2/c1-11-4-3-5-12(2)14(11)16-13(18)10-17-8-6-15-7-9-17;1-2-6-4-3-5-1/h3-5,15H,6-10H2,1-2H3,(H,16,18);5-6H,1-4H2. The Labute approximate surface area is 145 Å². The van der Waals surface area contributed by atoms with Crippen molar-refractivity contribution >= 4 is 11.6 Å². The van der Waals surface area contributed by atoms with E-state index in [0.717, 1.165) is 69.2 Å². The van der Waals surface area contributed by atoms with Crippen molar-refractivity contribution in [1.82, 2.24) is 20.9 Å². The van der Waals surface area contributed by atoms with Gasteiger partial charge in [0, 0.05) is 58.0 Å². The van der Waals surface area contributed by atoms with Crippen molar-refractivity contribution in [3.05, 3.63) is 29.3 Å². The SMILES string of the molecule is C1CNCCN1.Cc1cccc(C)c1NC(=O)CN1CCNCC1. The Morgan fingerprint density at radius 3 is 1.96 bits per heavy atom. The van der Waals surface area contributed by atoms with E-state index in [4.69, 9.17) is 0 Å². The molecule has 0 bridgehead atoms. The van der Waals surface area contributed by atoms with Gasteiger partial charge in [0.05, 0.1) is 6.54 Å². The zero-order valence-corrected chi connectivity index (χ0v) is 15.0. The van der Waals surface area contributed by atoms with Crippen LogP contribution in [0.3, 0.4) is 0 Å². The number of nitrogens with zero attached hydrogens (tertiary/aromatic N) is 1. The van der Waals surface area contributed by atoms with Gasteiger partial charge in [-0.1, -0.05) is 18.2 Å². The van der Waals surface area contributed by atoms with Gasteiger partial charge in [0.1, 0.15) is 0 Å². The summed E-state index contributed by atoms with van der Waals surface area (Å²) in [7, 11) is 0. The van der Waals surface area contributed by atoms with Crippen LogP contribution in [0, 0.1) is 13.8 Å². The molecule has 6 heteroatoms. The van der Waals surface area contributed by atoms with Gasteiger partial charge < -0.3 is 21.3 Å². The summed E-state index contributed by atoms with van der Waals surface area (Å²) in [6.45, 7) is 12.9. The summed E-state index contributed by atoms with van der Waals surface area (Å²) in [6.07, 6.45) is 0. The Balaban J connectivity index is 0.000000292. The number of carbonyl (C=O) groups excluding carboxylic acids is 1. The van der Waals surface area contributed by atoms with Crippen LogP contribution in [0.2, 0.25) is 0 Å². The summed E-state index contributed by atoms with van der Waals surface area (Å²) in [6, 6.07) is 6.05. The third-order valence-electron chi connectivity index (χ3n) is 4.28. The lowest BCUT2D eigenvalue weighted by Crippen LogP contribution is -2.46. The molecule has 1 aromatic rings. The number of nitrogens with one attached hydrogen (secondary N) is 4. The summed E-state index contributed by atoms with van der Waals surface area (Å²) in [5, 5.41) is 12.8. The fraction of sp³-hybridized carbons (Fsp3) is 0.611. The number of carbonyl (C=O) groups is 1. The first-order chi connectivity index (χ1) is 11.7. The van der Waals surface area contributed by atoms with Crippen LogP contribution in [-0.2, 0) is 4.79 Å². The Hall–Kier alpha value is -1.47. The van der Waals surface area contributed by atoms with Crippen LogP contribution in [0.25, 0.3) is 0 Å². The largest absolute Gasteiger partial charge is 0.324 e. The number of benzene rings is 1. The lowest BCUT2D eigenvalue weighted by Gasteiger charge is -2.26. The van der Waals surface area contributed by atoms with Crippen LogP contribution in [0.15, 0.2) is 18.2 Å². The van der Waals surface area contributed by atoms with Crippen molar-refractivity contribution in [2.24, 2.45) is 0 Å². The number of aryl methyl sites for hydroxylation is 2. The number of rotatable bonds is 3. The van der Waals surface area contributed by atoms with E-state index in [9.17, 15) is 4.79 Å². The van der Waals surface area contributed by atoms with Crippen LogP contribution >= 0.6 is 0 Å². The predicted molar refractivity (Wildman–Crippen MR) is 99.6 cm³/mol. The van der Waals surface area contributed by atoms with Gasteiger partial charge in [0.25, 0.3) is 0 Å². The smallest absolute Gasteiger partial charge is 0.238 e. The third-order valence-corrected chi connectivity index (χ3v) is 4.28. The molecule has 4 N–H and O–H groups in total. The monoisotopic (exact) mass is 333 g/mol. The average Bonchev–Trinajstić information content (AvgIpc) is 2.61. The van der Waals surface area contributed by atoms with Crippen LogP contribution in [-0.4, -0.2) is 69.7 Å². The minimum atomic E-state index is 0.0781. The van der Waals surface area contributed by atoms with Gasteiger partial charge in [-0.15, -0.1) is 0 Å². The van der Waals surface area contributed by atoms with Gasteiger partial charge in [-0.05, 0) is 25.0 Å². The number of para-hydroxylation sites is 1. The number of amides is 1. The predicted octanol–water partition coefficient (Wildman–Crippen LogP) is 0.326. The fourth-order valence-electron chi connectivity index (χ4n) is 2.87. The van der Waals surface area contributed by atoms with Crippen LogP contribution in [0.1, 0.15) is 11.1 Å². The second-order valence-electron chi connectivity index (χ2n) is 6.34. The molecule has 0 aromatic heterocycles. The van der Waals surface area contributed by atoms with Gasteiger partial charge in [0.2, 0.25) is 5.91 Å². The molecule has 0 radical (unpaired) electrons. The fourth-order valence-corrected chi connectivity index (χ4v) is 2.87. The zero-order chi connectivity index (χ0) is 17.2. The second-order valence-corrected chi connectivity index (χ2v) is 6.34. The highest BCUT2D eigenvalue weighted by Gasteiger charge is 2.14. The molecule has 0 unspecified atom stereocenters. The topological polar surface area (TPSA) is 68.4 Å². The molecule has 2 saturated heterocycles. The first-order valence-corrected chi connectivity index (χ1v) is 8.87. The van der Waals surface area contributed by atoms with Gasteiger partial charge in [-0.3, -0.25) is 9.69 Å². The number of anilines is 1. The van der Waals surface area contributed by atoms with Crippen molar-refractivity contribution in [2.75, 3.05) is 64.2 Å². The summed E-state index contributed by atoms with van der Waals surface area (Å²) in [5.74, 6) is 0.0781. The maximum absolute atomic E-state index is 12.0. The van der Waals surface area contributed by atoms with E-state index in [2.05, 4.69) is 26.2 Å². The molecule has 6 nitrogen and oxygen atoms in total. The van der Waals surface area contributed by atoms with Crippen molar-refractivity contribution in [3.8, 4) is 0 Å². The highest BCUT2D eigenvalue weighted by molar-refractivity contribution is 5.93. The lowest BCUT2D eigenvalue weighted by molar-refractivity contribution is -0.117. The molecule has 0 aliphatic carbocycles. The van der Waals surface area contributed by atoms with Gasteiger partial charge in [-0.25, -0.2) is 0 Å². The second kappa shape index (κ2) is 10.4. The van der Waals surface area contributed by atoms with E-state index >= 15 is 0 Å². The molecular formula is C18H31N5O. The molecule has 0 spiro atoms. The van der Waals surface area contributed by atoms with E-state index in [1.807, 2.05) is 32.0 Å². The molecule has 3 rings (SSSR count). The molecule has 2 heterocycles. The minimum absolute atomic E-state index is 0.0781. The molecule has 0 atom stereocenters. The van der Waals surface area contributed by atoms with Crippen molar-refractivity contribution in [1.29, 1.82) is 0 Å². The Bertz CT molecular complexity index is 478. The third kappa shape index (κ3) is 6.57. The first kappa shape index (κ1) is 18.9. The molecule has 1 amide bonds. The maximum atomic E-state index is 12.0. The van der Waals surface area contributed by atoms with Crippen molar-refractivity contribution < 1.29 is 4.79 Å². The lowest BCUT2D eigenvalue weighted by atomic mass is 10.1. The number of piperazine rings is 2. The van der Waals surface area contributed by atoms with Gasteiger partial charge in [0.15, 0.2) is 0 Å². The molecule has 24 heavy (non-hydrogen) atoms. The van der Waals surface area contributed by atoms with Crippen molar-refractivity contribution in [2.45, 2.75) is 13.8 Å². The van der Waals surface area contributed by atoms with E-state index in [-0.39, 0.29) is 5.91 Å². The quantitative estimate of drug-likeness (QED) is 0.642. The Morgan fingerprint density at radius 1 is 0.958 bits per heavy atom. The summed E-state index contributed by atoms with van der Waals surface area (Å²) >= 11 is 0. The number of hydrogen-bond acceptors (Lipinski definition) is 5. The minimum Gasteiger partial charge on any atom is -0.324 e. The van der Waals surface area contributed by atoms with Crippen molar-refractivity contribution in [3.63, 3.8) is 0 Å². The molecular weight excluding hydrogens is 302 g/mol. The van der Waals surface area contributed by atoms with E-state index < -0.39 is 0 Å². The maximum Gasteiger partial charge on any atom is 0.238 e. The summed E-state index contributed by atoms with van der Waals surface area (Å²) < 4.78 is 0. The molecule has 2 aliphatic rings. The van der Waals surface area contributed by atoms with Gasteiger partial charge in [-0.2, -0.15) is 0 Å². The van der Waals surface area contributed by atoms with E-state index in [0.29, 0.717) is 6.54 Å². The van der Waals surface area contributed by atoms with Crippen LogP contribution < -0.4 is 21.3 Å². The van der Waals surface area contributed by atoms with E-state index in [1.54, 1.807) is 0 Å². The average molecular weight is 333 g/mol. The zero-order valence-electron chi connectivity index (χ0n) is 15.0. The molecule has 134 valence electrons. The highest BCUT2D eigenvalue weighted by atomic mass is 16.2.